The van der Waals surface area contributed by atoms with E-state index in [-0.39, 0.29) is 0 Å². The zero-order valence-corrected chi connectivity index (χ0v) is 12.2. The SMILES string of the molecule is CN=C(C)c1ccc2cc(C3CC3C)cc(C)c2c1. The molecule has 0 spiro atoms. The van der Waals surface area contributed by atoms with Crippen molar-refractivity contribution in [2.75, 3.05) is 7.05 Å². The number of hydrogen-bond acceptors (Lipinski definition) is 1. The van der Waals surface area contributed by atoms with Gasteiger partial charge in [0.25, 0.3) is 0 Å². The summed E-state index contributed by atoms with van der Waals surface area (Å²) in [4.78, 5) is 4.28. The van der Waals surface area contributed by atoms with Crippen molar-refractivity contribution in [3.8, 4) is 0 Å². The highest BCUT2D eigenvalue weighted by Gasteiger charge is 2.34. The highest BCUT2D eigenvalue weighted by atomic mass is 14.7. The van der Waals surface area contributed by atoms with Gasteiger partial charge in [0.1, 0.15) is 0 Å². The van der Waals surface area contributed by atoms with Crippen molar-refractivity contribution in [1.82, 2.24) is 0 Å². The molecule has 2 aromatic carbocycles. The molecule has 0 N–H and O–H groups in total. The van der Waals surface area contributed by atoms with Gasteiger partial charge in [0, 0.05) is 12.8 Å². The standard InChI is InChI=1S/C18H21N/c1-11-7-16(17-8-12(17)2)9-15-6-5-14(10-18(11)15)13(3)19-4/h5-7,9-10,12,17H,8H2,1-4H3. The summed E-state index contributed by atoms with van der Waals surface area (Å²) in [5.74, 6) is 1.66. The number of rotatable bonds is 2. The molecule has 0 amide bonds. The third kappa shape index (κ3) is 2.18. The Morgan fingerprint density at radius 3 is 2.58 bits per heavy atom. The molecule has 1 saturated carbocycles. The fraction of sp³-hybridized carbons (Fsp3) is 0.389. The fourth-order valence-corrected chi connectivity index (χ4v) is 2.93. The van der Waals surface area contributed by atoms with Crippen LogP contribution in [0.2, 0.25) is 0 Å². The van der Waals surface area contributed by atoms with Gasteiger partial charge in [-0.25, -0.2) is 0 Å². The molecule has 2 unspecified atom stereocenters. The molecule has 2 atom stereocenters. The van der Waals surface area contributed by atoms with Gasteiger partial charge in [-0.3, -0.25) is 4.99 Å². The molecular formula is C18H21N. The maximum Gasteiger partial charge on any atom is 0.0386 e. The third-order valence-electron chi connectivity index (χ3n) is 4.47. The van der Waals surface area contributed by atoms with Gasteiger partial charge in [-0.15, -0.1) is 0 Å². The minimum atomic E-state index is 0.793. The quantitative estimate of drug-likeness (QED) is 0.685. The van der Waals surface area contributed by atoms with Crippen molar-refractivity contribution in [2.45, 2.75) is 33.1 Å². The summed E-state index contributed by atoms with van der Waals surface area (Å²) >= 11 is 0. The van der Waals surface area contributed by atoms with E-state index in [1.54, 1.807) is 0 Å². The van der Waals surface area contributed by atoms with Crippen LogP contribution in [0.4, 0.5) is 0 Å². The van der Waals surface area contributed by atoms with Crippen molar-refractivity contribution in [3.63, 3.8) is 0 Å². The van der Waals surface area contributed by atoms with Gasteiger partial charge < -0.3 is 0 Å². The van der Waals surface area contributed by atoms with Crippen LogP contribution in [0.3, 0.4) is 0 Å². The lowest BCUT2D eigenvalue weighted by Crippen LogP contribution is -1.95. The van der Waals surface area contributed by atoms with Crippen LogP contribution >= 0.6 is 0 Å². The summed E-state index contributed by atoms with van der Waals surface area (Å²) < 4.78 is 0. The number of benzene rings is 2. The third-order valence-corrected chi connectivity index (χ3v) is 4.47. The molecule has 0 saturated heterocycles. The Morgan fingerprint density at radius 2 is 1.95 bits per heavy atom. The first-order valence-electron chi connectivity index (χ1n) is 7.08. The second-order valence-corrected chi connectivity index (χ2v) is 5.90. The Hall–Kier alpha value is -1.63. The lowest BCUT2D eigenvalue weighted by atomic mass is 9.96. The molecule has 98 valence electrons. The van der Waals surface area contributed by atoms with E-state index in [0.29, 0.717) is 0 Å². The first-order valence-corrected chi connectivity index (χ1v) is 7.08. The van der Waals surface area contributed by atoms with Crippen LogP contribution in [0, 0.1) is 12.8 Å². The zero-order valence-electron chi connectivity index (χ0n) is 12.2. The van der Waals surface area contributed by atoms with Crippen molar-refractivity contribution < 1.29 is 0 Å². The van der Waals surface area contributed by atoms with Gasteiger partial charge >= 0.3 is 0 Å². The van der Waals surface area contributed by atoms with E-state index < -0.39 is 0 Å². The highest BCUT2D eigenvalue weighted by molar-refractivity contribution is 6.02. The molecule has 0 bridgehead atoms. The van der Waals surface area contributed by atoms with Gasteiger partial charge in [0.05, 0.1) is 0 Å². The van der Waals surface area contributed by atoms with Crippen LogP contribution in [0.25, 0.3) is 10.8 Å². The molecule has 0 aromatic heterocycles. The molecular weight excluding hydrogens is 230 g/mol. The number of aryl methyl sites for hydroxylation is 1. The van der Waals surface area contributed by atoms with E-state index >= 15 is 0 Å². The van der Waals surface area contributed by atoms with Crippen molar-refractivity contribution in [1.29, 1.82) is 0 Å². The molecule has 1 nitrogen and oxygen atoms in total. The molecule has 1 fully saturated rings. The van der Waals surface area contributed by atoms with E-state index in [0.717, 1.165) is 17.5 Å². The van der Waals surface area contributed by atoms with Crippen LogP contribution < -0.4 is 0 Å². The Labute approximate surface area is 115 Å². The van der Waals surface area contributed by atoms with Gasteiger partial charge in [-0.2, -0.15) is 0 Å². The Kier molecular flexibility index (Phi) is 2.93. The van der Waals surface area contributed by atoms with Crippen LogP contribution in [0.1, 0.15) is 42.9 Å². The van der Waals surface area contributed by atoms with Crippen molar-refractivity contribution in [2.24, 2.45) is 10.9 Å². The Balaban J connectivity index is 2.12. The predicted octanol–water partition coefficient (Wildman–Crippen LogP) is 4.71. The van der Waals surface area contributed by atoms with Crippen LogP contribution in [-0.4, -0.2) is 12.8 Å². The average molecular weight is 251 g/mol. The lowest BCUT2D eigenvalue weighted by molar-refractivity contribution is 0.915. The minimum Gasteiger partial charge on any atom is -0.293 e. The number of hydrogen-bond donors (Lipinski definition) is 0. The van der Waals surface area contributed by atoms with Gasteiger partial charge in [-0.05, 0) is 65.6 Å². The molecule has 3 rings (SSSR count). The molecule has 1 heteroatoms. The normalized spacial score (nSPS) is 22.8. The van der Waals surface area contributed by atoms with Gasteiger partial charge in [0.15, 0.2) is 0 Å². The average Bonchev–Trinajstić information content (AvgIpc) is 3.14. The molecule has 0 radical (unpaired) electrons. The Morgan fingerprint density at radius 1 is 1.21 bits per heavy atom. The molecule has 0 aliphatic heterocycles. The van der Waals surface area contributed by atoms with E-state index in [9.17, 15) is 0 Å². The first kappa shape index (κ1) is 12.4. The van der Waals surface area contributed by atoms with E-state index in [1.807, 2.05) is 7.05 Å². The van der Waals surface area contributed by atoms with Crippen LogP contribution in [0.5, 0.6) is 0 Å². The van der Waals surface area contributed by atoms with Gasteiger partial charge in [0.2, 0.25) is 0 Å². The molecule has 0 heterocycles. The fourth-order valence-electron chi connectivity index (χ4n) is 2.93. The second kappa shape index (κ2) is 4.48. The highest BCUT2D eigenvalue weighted by Crippen LogP contribution is 2.47. The minimum absolute atomic E-state index is 0.793. The summed E-state index contributed by atoms with van der Waals surface area (Å²) in [5.41, 5.74) is 5.23. The number of aliphatic imine (C=N–C) groups is 1. The smallest absolute Gasteiger partial charge is 0.0386 e. The summed E-state index contributed by atoms with van der Waals surface area (Å²) in [7, 11) is 1.85. The predicted molar refractivity (Wildman–Crippen MR) is 83.3 cm³/mol. The van der Waals surface area contributed by atoms with E-state index in [2.05, 4.69) is 56.1 Å². The second-order valence-electron chi connectivity index (χ2n) is 5.90. The molecule has 2 aromatic rings. The summed E-state index contributed by atoms with van der Waals surface area (Å²) in [6.07, 6.45) is 1.35. The Bertz CT molecular complexity index is 667. The monoisotopic (exact) mass is 251 g/mol. The van der Waals surface area contributed by atoms with Crippen LogP contribution in [0.15, 0.2) is 35.3 Å². The summed E-state index contributed by atoms with van der Waals surface area (Å²) in [6, 6.07) is 11.4. The van der Waals surface area contributed by atoms with Crippen LogP contribution in [-0.2, 0) is 0 Å². The van der Waals surface area contributed by atoms with Crippen molar-refractivity contribution in [3.05, 3.63) is 47.0 Å². The topological polar surface area (TPSA) is 12.4 Å². The molecule has 19 heavy (non-hydrogen) atoms. The molecule has 1 aliphatic carbocycles. The van der Waals surface area contributed by atoms with Gasteiger partial charge in [-0.1, -0.05) is 31.2 Å². The van der Waals surface area contributed by atoms with E-state index in [4.69, 9.17) is 0 Å². The molecule has 1 aliphatic rings. The largest absolute Gasteiger partial charge is 0.293 e. The van der Waals surface area contributed by atoms with E-state index in [1.165, 1.54) is 33.9 Å². The summed E-state index contributed by atoms with van der Waals surface area (Å²) in [6.45, 7) is 6.63. The lowest BCUT2D eigenvalue weighted by Gasteiger charge is -2.09. The maximum atomic E-state index is 4.28. The maximum absolute atomic E-state index is 4.28. The zero-order chi connectivity index (χ0) is 13.6. The summed E-state index contributed by atoms with van der Waals surface area (Å²) in [5, 5.41) is 2.72. The number of fused-ring (bicyclic) bond motifs is 1. The van der Waals surface area contributed by atoms with Crippen molar-refractivity contribution >= 4 is 16.5 Å². The first-order chi connectivity index (χ1) is 9.10. The number of nitrogens with zero attached hydrogens (tertiary/aromatic N) is 1.